The first-order valence-electron chi connectivity index (χ1n) is 8.03. The fraction of sp³-hybridized carbons (Fsp3) is 0.100. The second-order valence-corrected chi connectivity index (χ2v) is 6.55. The molecular weight excluding hydrogens is 332 g/mol. The molecule has 0 unspecified atom stereocenters. The molecule has 124 valence electrons. The Labute approximate surface area is 149 Å². The highest BCUT2D eigenvalue weighted by atomic mass is 32.1. The van der Waals surface area contributed by atoms with Gasteiger partial charge < -0.3 is 9.84 Å². The van der Waals surface area contributed by atoms with Crippen molar-refractivity contribution < 1.29 is 9.84 Å². The third kappa shape index (κ3) is 3.06. The van der Waals surface area contributed by atoms with Crippen LogP contribution >= 0.6 is 11.3 Å². The summed E-state index contributed by atoms with van der Waals surface area (Å²) in [6.45, 7) is 2.60. The van der Waals surface area contributed by atoms with Crippen molar-refractivity contribution in [3.63, 3.8) is 0 Å². The van der Waals surface area contributed by atoms with E-state index in [9.17, 15) is 5.11 Å². The molecule has 4 nitrogen and oxygen atoms in total. The molecule has 0 spiro atoms. The molecule has 0 atom stereocenters. The molecule has 0 fully saturated rings. The number of hydrogen-bond donors (Lipinski definition) is 1. The summed E-state index contributed by atoms with van der Waals surface area (Å²) < 4.78 is 6.55. The topological polar surface area (TPSA) is 54.7 Å². The van der Waals surface area contributed by atoms with E-state index >= 15 is 0 Å². The van der Waals surface area contributed by atoms with Gasteiger partial charge in [0.15, 0.2) is 0 Å². The SMILES string of the molecule is CCOc1ccc2nc(/N=C/c3c(O)ccc4ccccc34)sc2c1. The van der Waals surface area contributed by atoms with Crippen molar-refractivity contribution in [3.8, 4) is 11.5 Å². The van der Waals surface area contributed by atoms with Crippen molar-refractivity contribution in [2.75, 3.05) is 6.61 Å². The molecule has 0 saturated carbocycles. The molecule has 4 rings (SSSR count). The van der Waals surface area contributed by atoms with Crippen LogP contribution in [0.5, 0.6) is 11.5 Å². The standard InChI is InChI=1S/C20H16N2O2S/c1-2-24-14-8-9-17-19(11-14)25-20(22-17)21-12-16-15-6-4-3-5-13(15)7-10-18(16)23/h3-12,23H,2H2,1H3/b21-12+. The number of aromatic nitrogens is 1. The van der Waals surface area contributed by atoms with Crippen LogP contribution in [0.3, 0.4) is 0 Å². The van der Waals surface area contributed by atoms with Gasteiger partial charge in [0.05, 0.1) is 16.8 Å². The maximum atomic E-state index is 10.2. The Kier molecular flexibility index (Phi) is 4.07. The van der Waals surface area contributed by atoms with Gasteiger partial charge in [-0.2, -0.15) is 0 Å². The van der Waals surface area contributed by atoms with E-state index in [0.29, 0.717) is 17.3 Å². The Morgan fingerprint density at radius 3 is 2.92 bits per heavy atom. The zero-order valence-electron chi connectivity index (χ0n) is 13.6. The minimum atomic E-state index is 0.210. The summed E-state index contributed by atoms with van der Waals surface area (Å²) in [6, 6.07) is 17.3. The fourth-order valence-corrected chi connectivity index (χ4v) is 3.58. The largest absolute Gasteiger partial charge is 0.507 e. The maximum absolute atomic E-state index is 10.2. The summed E-state index contributed by atoms with van der Waals surface area (Å²) in [5.74, 6) is 1.04. The molecule has 0 radical (unpaired) electrons. The van der Waals surface area contributed by atoms with E-state index in [4.69, 9.17) is 4.74 Å². The molecule has 0 aliphatic carbocycles. The number of rotatable bonds is 4. The summed E-state index contributed by atoms with van der Waals surface area (Å²) in [5, 5.41) is 12.9. The van der Waals surface area contributed by atoms with Crippen molar-refractivity contribution in [2.45, 2.75) is 6.92 Å². The number of phenolic OH excluding ortho intramolecular Hbond substituents is 1. The summed E-state index contributed by atoms with van der Waals surface area (Å²) in [5.41, 5.74) is 1.59. The fourth-order valence-electron chi connectivity index (χ4n) is 2.74. The third-order valence-electron chi connectivity index (χ3n) is 3.91. The number of aliphatic imine (C=N–C) groups is 1. The van der Waals surface area contributed by atoms with Gasteiger partial charge in [0.2, 0.25) is 5.13 Å². The van der Waals surface area contributed by atoms with Gasteiger partial charge in [0.1, 0.15) is 11.5 Å². The molecule has 0 saturated heterocycles. The molecular formula is C20H16N2O2S. The van der Waals surface area contributed by atoms with Crippen LogP contribution in [0.15, 0.2) is 59.6 Å². The molecule has 1 aromatic heterocycles. The summed E-state index contributed by atoms with van der Waals surface area (Å²) >= 11 is 1.50. The van der Waals surface area contributed by atoms with Gasteiger partial charge in [0.25, 0.3) is 0 Å². The zero-order valence-corrected chi connectivity index (χ0v) is 14.5. The Morgan fingerprint density at radius 2 is 2.04 bits per heavy atom. The Balaban J connectivity index is 1.72. The predicted octanol–water partition coefficient (Wildman–Crippen LogP) is 5.30. The van der Waals surface area contributed by atoms with E-state index in [-0.39, 0.29) is 5.75 Å². The van der Waals surface area contributed by atoms with Crippen LogP contribution in [0.1, 0.15) is 12.5 Å². The van der Waals surface area contributed by atoms with Crippen LogP contribution in [-0.4, -0.2) is 22.9 Å². The van der Waals surface area contributed by atoms with Crippen molar-refractivity contribution in [1.82, 2.24) is 4.98 Å². The van der Waals surface area contributed by atoms with Crippen molar-refractivity contribution >= 4 is 43.7 Å². The van der Waals surface area contributed by atoms with Gasteiger partial charge in [-0.05, 0) is 42.0 Å². The van der Waals surface area contributed by atoms with E-state index in [1.54, 1.807) is 12.3 Å². The Hall–Kier alpha value is -2.92. The van der Waals surface area contributed by atoms with E-state index < -0.39 is 0 Å². The smallest absolute Gasteiger partial charge is 0.210 e. The lowest BCUT2D eigenvalue weighted by molar-refractivity contribution is 0.341. The number of hydrogen-bond acceptors (Lipinski definition) is 5. The quantitative estimate of drug-likeness (QED) is 0.509. The van der Waals surface area contributed by atoms with Crippen LogP contribution in [0, 0.1) is 0 Å². The average molecular weight is 348 g/mol. The van der Waals surface area contributed by atoms with Gasteiger partial charge in [-0.15, -0.1) is 0 Å². The molecule has 0 bridgehead atoms. The second-order valence-electron chi connectivity index (χ2n) is 5.54. The van der Waals surface area contributed by atoms with Gasteiger partial charge in [0, 0.05) is 11.8 Å². The Bertz CT molecular complexity index is 1090. The van der Waals surface area contributed by atoms with Gasteiger partial charge in [-0.1, -0.05) is 41.7 Å². The number of nitrogens with zero attached hydrogens (tertiary/aromatic N) is 2. The zero-order chi connectivity index (χ0) is 17.2. The first-order valence-corrected chi connectivity index (χ1v) is 8.84. The molecule has 1 N–H and O–H groups in total. The summed E-state index contributed by atoms with van der Waals surface area (Å²) in [6.07, 6.45) is 1.68. The lowest BCUT2D eigenvalue weighted by atomic mass is 10.0. The molecule has 5 heteroatoms. The van der Waals surface area contributed by atoms with E-state index in [0.717, 1.165) is 26.7 Å². The second kappa shape index (κ2) is 6.53. The first-order chi connectivity index (χ1) is 12.2. The van der Waals surface area contributed by atoms with Gasteiger partial charge in [-0.25, -0.2) is 9.98 Å². The van der Waals surface area contributed by atoms with Gasteiger partial charge >= 0.3 is 0 Å². The third-order valence-corrected chi connectivity index (χ3v) is 4.84. The van der Waals surface area contributed by atoms with Gasteiger partial charge in [-0.3, -0.25) is 0 Å². The van der Waals surface area contributed by atoms with Crippen molar-refractivity contribution in [1.29, 1.82) is 0 Å². The molecule has 0 amide bonds. The van der Waals surface area contributed by atoms with Crippen LogP contribution in [0.2, 0.25) is 0 Å². The number of phenols is 1. The molecule has 25 heavy (non-hydrogen) atoms. The lowest BCUT2D eigenvalue weighted by Crippen LogP contribution is -1.89. The van der Waals surface area contributed by atoms with E-state index in [2.05, 4.69) is 9.98 Å². The summed E-state index contributed by atoms with van der Waals surface area (Å²) in [4.78, 5) is 9.00. The van der Waals surface area contributed by atoms with Crippen molar-refractivity contribution in [3.05, 3.63) is 60.2 Å². The highest BCUT2D eigenvalue weighted by Gasteiger charge is 2.07. The lowest BCUT2D eigenvalue weighted by Gasteiger charge is -2.03. The molecule has 0 aliphatic rings. The normalized spacial score (nSPS) is 11.6. The van der Waals surface area contributed by atoms with Crippen molar-refractivity contribution in [2.24, 2.45) is 4.99 Å². The number of aromatic hydroxyl groups is 1. The monoisotopic (exact) mass is 348 g/mol. The molecule has 3 aromatic carbocycles. The van der Waals surface area contributed by atoms with Crippen LogP contribution in [-0.2, 0) is 0 Å². The van der Waals surface area contributed by atoms with E-state index in [1.165, 1.54) is 11.3 Å². The average Bonchev–Trinajstić information content (AvgIpc) is 3.03. The number of fused-ring (bicyclic) bond motifs is 2. The highest BCUT2D eigenvalue weighted by molar-refractivity contribution is 7.22. The number of thiazole rings is 1. The predicted molar refractivity (Wildman–Crippen MR) is 104 cm³/mol. The van der Waals surface area contributed by atoms with Crippen LogP contribution in [0.4, 0.5) is 5.13 Å². The summed E-state index contributed by atoms with van der Waals surface area (Å²) in [7, 11) is 0. The number of ether oxygens (including phenoxy) is 1. The number of benzene rings is 3. The molecule has 4 aromatic rings. The van der Waals surface area contributed by atoms with E-state index in [1.807, 2.05) is 55.5 Å². The minimum absolute atomic E-state index is 0.210. The molecule has 1 heterocycles. The minimum Gasteiger partial charge on any atom is -0.507 e. The first kappa shape index (κ1) is 15.6. The highest BCUT2D eigenvalue weighted by Crippen LogP contribution is 2.32. The molecule has 0 aliphatic heterocycles. The van der Waals surface area contributed by atoms with Crippen LogP contribution in [0.25, 0.3) is 21.0 Å². The van der Waals surface area contributed by atoms with Crippen LogP contribution < -0.4 is 4.74 Å². The Morgan fingerprint density at radius 1 is 1.16 bits per heavy atom. The maximum Gasteiger partial charge on any atom is 0.210 e.